The molecule has 3 N–H and O–H groups in total. The first-order chi connectivity index (χ1) is 5.15. The predicted molar refractivity (Wildman–Crippen MR) is 45.3 cm³/mol. The molecule has 1 fully saturated rings. The van der Waals surface area contributed by atoms with Crippen LogP contribution in [0.1, 0.15) is 13.8 Å². The second-order valence-electron chi connectivity index (χ2n) is 3.65. The molecule has 0 saturated carbocycles. The van der Waals surface area contributed by atoms with Crippen molar-refractivity contribution in [3.05, 3.63) is 0 Å². The Balaban J connectivity index is 2.32. The lowest BCUT2D eigenvalue weighted by atomic mass is 9.98. The number of nitrogens with zero attached hydrogens (tertiary/aromatic N) is 1. The molecule has 3 nitrogen and oxygen atoms in total. The summed E-state index contributed by atoms with van der Waals surface area (Å²) in [4.78, 5) is 2.25. The van der Waals surface area contributed by atoms with E-state index >= 15 is 0 Å². The van der Waals surface area contributed by atoms with Crippen molar-refractivity contribution < 1.29 is 5.11 Å². The fourth-order valence-corrected chi connectivity index (χ4v) is 1.60. The summed E-state index contributed by atoms with van der Waals surface area (Å²) in [5.74, 6) is 0.590. The Morgan fingerprint density at radius 2 is 2.09 bits per heavy atom. The molecule has 0 bridgehead atoms. The zero-order valence-electron chi connectivity index (χ0n) is 7.33. The van der Waals surface area contributed by atoms with Gasteiger partial charge in [0, 0.05) is 25.7 Å². The van der Waals surface area contributed by atoms with Crippen LogP contribution in [-0.2, 0) is 0 Å². The Hall–Kier alpha value is -0.120. The first kappa shape index (κ1) is 8.97. The first-order valence-corrected chi connectivity index (χ1v) is 4.27. The van der Waals surface area contributed by atoms with Crippen molar-refractivity contribution in [2.75, 3.05) is 19.6 Å². The molecule has 0 aliphatic carbocycles. The second-order valence-corrected chi connectivity index (χ2v) is 3.65. The summed E-state index contributed by atoms with van der Waals surface area (Å²) >= 11 is 0. The van der Waals surface area contributed by atoms with E-state index in [4.69, 9.17) is 10.8 Å². The van der Waals surface area contributed by atoms with Gasteiger partial charge in [-0.3, -0.25) is 4.90 Å². The van der Waals surface area contributed by atoms with Crippen LogP contribution < -0.4 is 5.73 Å². The summed E-state index contributed by atoms with van der Waals surface area (Å²) in [6.07, 6.45) is -0.109. The second kappa shape index (κ2) is 3.52. The molecule has 1 rings (SSSR count). The molecule has 0 aromatic carbocycles. The molecule has 0 radical (unpaired) electrons. The van der Waals surface area contributed by atoms with Crippen molar-refractivity contribution in [1.82, 2.24) is 4.90 Å². The molecule has 0 aromatic rings. The molecule has 0 amide bonds. The van der Waals surface area contributed by atoms with Gasteiger partial charge in [-0.05, 0) is 5.92 Å². The Bertz CT molecular complexity index is 121. The molecule has 1 saturated heterocycles. The first-order valence-electron chi connectivity index (χ1n) is 4.27. The van der Waals surface area contributed by atoms with E-state index in [0.717, 1.165) is 13.1 Å². The van der Waals surface area contributed by atoms with Gasteiger partial charge in [0.25, 0.3) is 0 Å². The minimum Gasteiger partial charge on any atom is -0.390 e. The van der Waals surface area contributed by atoms with Gasteiger partial charge in [0.05, 0.1) is 6.10 Å². The largest absolute Gasteiger partial charge is 0.390 e. The lowest BCUT2D eigenvalue weighted by Gasteiger charge is -2.43. The van der Waals surface area contributed by atoms with Crippen LogP contribution in [0.4, 0.5) is 0 Å². The monoisotopic (exact) mass is 158 g/mol. The van der Waals surface area contributed by atoms with Crippen molar-refractivity contribution >= 4 is 0 Å². The SMILES string of the molecule is CC(C)C(CN)N1CC(O)C1. The molecule has 1 heterocycles. The van der Waals surface area contributed by atoms with Crippen molar-refractivity contribution in [3.63, 3.8) is 0 Å². The Kier molecular flexibility index (Phi) is 2.87. The van der Waals surface area contributed by atoms with Gasteiger partial charge in [-0.1, -0.05) is 13.8 Å². The van der Waals surface area contributed by atoms with Crippen LogP contribution >= 0.6 is 0 Å². The molecule has 66 valence electrons. The molecule has 1 unspecified atom stereocenters. The van der Waals surface area contributed by atoms with Gasteiger partial charge >= 0.3 is 0 Å². The predicted octanol–water partition coefficient (Wildman–Crippen LogP) is -0.354. The van der Waals surface area contributed by atoms with Crippen LogP contribution in [0.3, 0.4) is 0 Å². The average Bonchev–Trinajstić information content (AvgIpc) is 1.85. The standard InChI is InChI=1S/C8H18N2O/c1-6(2)8(3-9)10-4-7(11)5-10/h6-8,11H,3-5,9H2,1-2H3. The van der Waals surface area contributed by atoms with Crippen LogP contribution in [0, 0.1) is 5.92 Å². The van der Waals surface area contributed by atoms with Crippen LogP contribution in [0.5, 0.6) is 0 Å². The van der Waals surface area contributed by atoms with E-state index in [1.807, 2.05) is 0 Å². The van der Waals surface area contributed by atoms with Crippen molar-refractivity contribution in [2.45, 2.75) is 26.0 Å². The zero-order chi connectivity index (χ0) is 8.43. The van der Waals surface area contributed by atoms with E-state index < -0.39 is 0 Å². The molecule has 3 heteroatoms. The maximum absolute atomic E-state index is 9.06. The van der Waals surface area contributed by atoms with Crippen LogP contribution in [0.2, 0.25) is 0 Å². The minimum atomic E-state index is -0.109. The van der Waals surface area contributed by atoms with Gasteiger partial charge in [-0.15, -0.1) is 0 Å². The quantitative estimate of drug-likeness (QED) is 0.590. The number of rotatable bonds is 3. The van der Waals surface area contributed by atoms with Crippen molar-refractivity contribution in [2.24, 2.45) is 11.7 Å². The highest BCUT2D eigenvalue weighted by molar-refractivity contribution is 4.86. The van der Waals surface area contributed by atoms with E-state index in [0.29, 0.717) is 18.5 Å². The van der Waals surface area contributed by atoms with Gasteiger partial charge in [-0.2, -0.15) is 0 Å². The van der Waals surface area contributed by atoms with Gasteiger partial charge in [0.2, 0.25) is 0 Å². The summed E-state index contributed by atoms with van der Waals surface area (Å²) in [6, 6.07) is 0.457. The zero-order valence-corrected chi connectivity index (χ0v) is 7.33. The maximum atomic E-state index is 9.06. The summed E-state index contributed by atoms with van der Waals surface area (Å²) in [6.45, 7) is 6.65. The number of likely N-dealkylation sites (tertiary alicyclic amines) is 1. The van der Waals surface area contributed by atoms with Gasteiger partial charge in [-0.25, -0.2) is 0 Å². The van der Waals surface area contributed by atoms with Gasteiger partial charge in [0.1, 0.15) is 0 Å². The number of β-amino-alcohol motifs (C(OH)–C–C–N with tert-alkyl or cyclic N) is 1. The normalized spacial score (nSPS) is 23.7. The fourth-order valence-electron chi connectivity index (χ4n) is 1.60. The maximum Gasteiger partial charge on any atom is 0.0794 e. The molecular weight excluding hydrogens is 140 g/mol. The molecule has 1 atom stereocenters. The van der Waals surface area contributed by atoms with Crippen LogP contribution in [0.25, 0.3) is 0 Å². The topological polar surface area (TPSA) is 49.5 Å². The van der Waals surface area contributed by atoms with E-state index in [1.165, 1.54) is 0 Å². The number of nitrogens with two attached hydrogens (primary N) is 1. The van der Waals surface area contributed by atoms with Gasteiger partial charge in [0.15, 0.2) is 0 Å². The van der Waals surface area contributed by atoms with Crippen molar-refractivity contribution in [1.29, 1.82) is 0 Å². The lowest BCUT2D eigenvalue weighted by Crippen LogP contribution is -2.58. The van der Waals surface area contributed by atoms with Crippen LogP contribution in [0.15, 0.2) is 0 Å². The van der Waals surface area contributed by atoms with Gasteiger partial charge < -0.3 is 10.8 Å². The van der Waals surface area contributed by atoms with E-state index in [9.17, 15) is 0 Å². The fraction of sp³-hybridized carbons (Fsp3) is 1.00. The highest BCUT2D eigenvalue weighted by Crippen LogP contribution is 2.16. The molecule has 0 spiro atoms. The summed E-state index contributed by atoms with van der Waals surface area (Å²) in [5.41, 5.74) is 5.61. The minimum absolute atomic E-state index is 0.109. The summed E-state index contributed by atoms with van der Waals surface area (Å²) in [5, 5.41) is 9.06. The number of aliphatic hydroxyl groups is 1. The number of hydrogen-bond acceptors (Lipinski definition) is 3. The summed E-state index contributed by atoms with van der Waals surface area (Å²) < 4.78 is 0. The Morgan fingerprint density at radius 3 is 2.36 bits per heavy atom. The van der Waals surface area contributed by atoms with E-state index in [-0.39, 0.29) is 6.10 Å². The smallest absolute Gasteiger partial charge is 0.0794 e. The third-order valence-electron chi connectivity index (χ3n) is 2.37. The molecular formula is C8H18N2O. The Morgan fingerprint density at radius 1 is 1.55 bits per heavy atom. The van der Waals surface area contributed by atoms with Crippen molar-refractivity contribution in [3.8, 4) is 0 Å². The molecule has 0 aromatic heterocycles. The third kappa shape index (κ3) is 1.92. The molecule has 1 aliphatic heterocycles. The van der Waals surface area contributed by atoms with E-state index in [1.54, 1.807) is 0 Å². The highest BCUT2D eigenvalue weighted by Gasteiger charge is 2.31. The number of hydrogen-bond donors (Lipinski definition) is 2. The summed E-state index contributed by atoms with van der Waals surface area (Å²) in [7, 11) is 0. The molecule has 11 heavy (non-hydrogen) atoms. The van der Waals surface area contributed by atoms with E-state index in [2.05, 4.69) is 18.7 Å². The number of aliphatic hydroxyl groups excluding tert-OH is 1. The Labute approximate surface area is 68.2 Å². The third-order valence-corrected chi connectivity index (χ3v) is 2.37. The van der Waals surface area contributed by atoms with Crippen LogP contribution in [-0.4, -0.2) is 41.8 Å². The average molecular weight is 158 g/mol. The molecule has 1 aliphatic rings. The lowest BCUT2D eigenvalue weighted by molar-refractivity contribution is -0.0333. The highest BCUT2D eigenvalue weighted by atomic mass is 16.3.